The fourth-order valence-electron chi connectivity index (χ4n) is 4.83. The van der Waals surface area contributed by atoms with Gasteiger partial charge in [-0.1, -0.05) is 6.07 Å². The largest absolute Gasteiger partial charge is 0.493 e. The number of amides is 1. The first-order chi connectivity index (χ1) is 15.8. The number of methoxy groups -OCH3 is 2. The van der Waals surface area contributed by atoms with Gasteiger partial charge < -0.3 is 9.47 Å². The molecule has 1 aliphatic heterocycles. The minimum Gasteiger partial charge on any atom is -0.493 e. The Morgan fingerprint density at radius 3 is 2.42 bits per heavy atom. The van der Waals surface area contributed by atoms with Gasteiger partial charge in [-0.15, -0.1) is 0 Å². The number of aromatic nitrogens is 1. The zero-order valence-electron chi connectivity index (χ0n) is 19.1. The third kappa shape index (κ3) is 3.59. The Bertz CT molecular complexity index is 1300. The van der Waals surface area contributed by atoms with Crippen LogP contribution in [0.3, 0.4) is 0 Å². The third-order valence-corrected chi connectivity index (χ3v) is 6.33. The maximum atomic E-state index is 13.5. The molecule has 170 valence electrons. The van der Waals surface area contributed by atoms with Gasteiger partial charge in [-0.25, -0.2) is 9.69 Å². The van der Waals surface area contributed by atoms with Crippen LogP contribution in [0, 0.1) is 25.2 Å². The van der Waals surface area contributed by atoms with Gasteiger partial charge in [0, 0.05) is 30.0 Å². The molecule has 0 fully saturated rings. The maximum Gasteiger partial charge on any atom is 0.288 e. The van der Waals surface area contributed by atoms with Gasteiger partial charge in [0.25, 0.3) is 5.56 Å². The molecule has 0 unspecified atom stereocenters. The summed E-state index contributed by atoms with van der Waals surface area (Å²) in [5, 5.41) is 10.8. The Morgan fingerprint density at radius 2 is 1.76 bits per heavy atom. The number of pyridine rings is 1. The number of allylic oxidation sites excluding steroid dienone is 2. The van der Waals surface area contributed by atoms with Crippen LogP contribution in [0.5, 0.6) is 11.5 Å². The van der Waals surface area contributed by atoms with Crippen LogP contribution in [0.2, 0.25) is 0 Å². The van der Waals surface area contributed by atoms with Crippen LogP contribution in [0.1, 0.15) is 54.0 Å². The highest BCUT2D eigenvalue weighted by Crippen LogP contribution is 2.43. The van der Waals surface area contributed by atoms with E-state index >= 15 is 0 Å². The van der Waals surface area contributed by atoms with E-state index in [2.05, 4.69) is 0 Å². The summed E-state index contributed by atoms with van der Waals surface area (Å²) in [7, 11) is 3.08. The number of hydrogen-bond acceptors (Lipinski definition) is 6. The van der Waals surface area contributed by atoms with E-state index in [1.807, 2.05) is 12.1 Å². The predicted molar refractivity (Wildman–Crippen MR) is 121 cm³/mol. The van der Waals surface area contributed by atoms with Crippen LogP contribution in [0.25, 0.3) is 0 Å². The Kier molecular flexibility index (Phi) is 5.81. The summed E-state index contributed by atoms with van der Waals surface area (Å²) in [4.78, 5) is 39.8. The van der Waals surface area contributed by atoms with Gasteiger partial charge in [-0.05, 0) is 56.0 Å². The molecule has 0 saturated carbocycles. The Morgan fingerprint density at radius 1 is 1.03 bits per heavy atom. The first-order valence-corrected chi connectivity index (χ1v) is 10.8. The summed E-state index contributed by atoms with van der Waals surface area (Å²) < 4.78 is 12.0. The summed E-state index contributed by atoms with van der Waals surface area (Å²) in [6.45, 7) is 3.41. The number of aryl methyl sites for hydroxylation is 2. The van der Waals surface area contributed by atoms with Gasteiger partial charge in [0.1, 0.15) is 11.6 Å². The molecular formula is C25H25N3O5. The second-order valence-electron chi connectivity index (χ2n) is 8.29. The lowest BCUT2D eigenvalue weighted by molar-refractivity contribution is -0.121. The van der Waals surface area contributed by atoms with Crippen molar-refractivity contribution < 1.29 is 19.1 Å². The third-order valence-electron chi connectivity index (χ3n) is 6.33. The molecule has 0 N–H and O–H groups in total. The lowest BCUT2D eigenvalue weighted by Gasteiger charge is -2.39. The molecule has 1 amide bonds. The standard InChI is InChI=1S/C25H25N3O5/c1-14-10-15(2)27(25(31)18(14)13-26)28-19-6-5-7-20(29)24(19)17(12-23(28)30)16-8-9-21(32-3)22(11-16)33-4/h8-11,17H,5-7,12H2,1-4H3/t17-/m0/s1. The molecule has 8 heteroatoms. The quantitative estimate of drug-likeness (QED) is 0.714. The molecule has 1 atom stereocenters. The van der Waals surface area contributed by atoms with Crippen molar-refractivity contribution in [1.82, 2.24) is 4.68 Å². The molecule has 1 aromatic carbocycles. The molecule has 2 aliphatic rings. The zero-order chi connectivity index (χ0) is 23.9. The SMILES string of the molecule is COc1ccc([C@@H]2CC(=O)N(n3c(C)cc(C)c(C#N)c3=O)C3=C2C(=O)CCC3)cc1OC. The van der Waals surface area contributed by atoms with Crippen LogP contribution in [0.15, 0.2) is 40.3 Å². The average molecular weight is 447 g/mol. The normalized spacial score (nSPS) is 18.2. The number of carbonyl (C=O) groups is 2. The highest BCUT2D eigenvalue weighted by atomic mass is 16.5. The first-order valence-electron chi connectivity index (χ1n) is 10.8. The van der Waals surface area contributed by atoms with Crippen molar-refractivity contribution >= 4 is 11.7 Å². The highest BCUT2D eigenvalue weighted by molar-refractivity contribution is 6.04. The van der Waals surface area contributed by atoms with E-state index in [-0.39, 0.29) is 23.7 Å². The summed E-state index contributed by atoms with van der Waals surface area (Å²) in [5.41, 5.74) is 2.35. The second-order valence-corrected chi connectivity index (χ2v) is 8.29. The maximum absolute atomic E-state index is 13.5. The molecule has 2 aromatic rings. The van der Waals surface area contributed by atoms with Crippen molar-refractivity contribution in [2.24, 2.45) is 0 Å². The molecule has 0 radical (unpaired) electrons. The molecular weight excluding hydrogens is 422 g/mol. The van der Waals surface area contributed by atoms with Gasteiger partial charge in [0.05, 0.1) is 19.9 Å². The number of carbonyl (C=O) groups excluding carboxylic acids is 2. The highest BCUT2D eigenvalue weighted by Gasteiger charge is 2.41. The summed E-state index contributed by atoms with van der Waals surface area (Å²) in [5.74, 6) is 0.279. The summed E-state index contributed by atoms with van der Waals surface area (Å²) >= 11 is 0. The van der Waals surface area contributed by atoms with E-state index in [0.717, 1.165) is 5.56 Å². The van der Waals surface area contributed by atoms with Gasteiger partial charge in [-0.3, -0.25) is 14.4 Å². The van der Waals surface area contributed by atoms with Crippen LogP contribution in [0.4, 0.5) is 0 Å². The number of ether oxygens (including phenoxy) is 2. The Hall–Kier alpha value is -3.86. The smallest absolute Gasteiger partial charge is 0.288 e. The van der Waals surface area contributed by atoms with Crippen molar-refractivity contribution in [1.29, 1.82) is 5.26 Å². The zero-order valence-corrected chi connectivity index (χ0v) is 19.1. The van der Waals surface area contributed by atoms with E-state index in [0.29, 0.717) is 53.3 Å². The Balaban J connectivity index is 1.93. The van der Waals surface area contributed by atoms with Crippen molar-refractivity contribution in [2.75, 3.05) is 19.2 Å². The van der Waals surface area contributed by atoms with E-state index < -0.39 is 11.5 Å². The van der Waals surface area contributed by atoms with E-state index in [1.165, 1.54) is 16.8 Å². The number of Topliss-reactive ketones (excluding diaryl/α,β-unsaturated/α-hetero) is 1. The molecule has 2 heterocycles. The first kappa shape index (κ1) is 22.3. The van der Waals surface area contributed by atoms with Gasteiger partial charge in [0.2, 0.25) is 5.91 Å². The van der Waals surface area contributed by atoms with Gasteiger partial charge in [0.15, 0.2) is 17.3 Å². The van der Waals surface area contributed by atoms with E-state index in [9.17, 15) is 19.6 Å². The van der Waals surface area contributed by atoms with E-state index in [1.54, 1.807) is 39.2 Å². The minimum atomic E-state index is -0.558. The fourth-order valence-corrected chi connectivity index (χ4v) is 4.83. The molecule has 0 spiro atoms. The lowest BCUT2D eigenvalue weighted by atomic mass is 9.77. The number of hydrogen-bond donors (Lipinski definition) is 0. The number of benzene rings is 1. The van der Waals surface area contributed by atoms with Crippen LogP contribution in [-0.2, 0) is 9.59 Å². The number of nitrogens with zero attached hydrogens (tertiary/aromatic N) is 3. The molecule has 8 nitrogen and oxygen atoms in total. The van der Waals surface area contributed by atoms with E-state index in [4.69, 9.17) is 9.47 Å². The Labute approximate surface area is 191 Å². The molecule has 0 bridgehead atoms. The molecule has 4 rings (SSSR count). The average Bonchev–Trinajstić information content (AvgIpc) is 2.79. The van der Waals surface area contributed by atoms with Crippen molar-refractivity contribution in [2.45, 2.75) is 45.4 Å². The summed E-state index contributed by atoms with van der Waals surface area (Å²) in [6.07, 6.45) is 1.47. The van der Waals surface area contributed by atoms with Gasteiger partial charge >= 0.3 is 0 Å². The second kappa shape index (κ2) is 8.58. The predicted octanol–water partition coefficient (Wildman–Crippen LogP) is 3.01. The van der Waals surface area contributed by atoms with Crippen molar-refractivity contribution in [3.63, 3.8) is 0 Å². The topological polar surface area (TPSA) is 102 Å². The van der Waals surface area contributed by atoms with Crippen LogP contribution >= 0.6 is 0 Å². The monoisotopic (exact) mass is 447 g/mol. The lowest BCUT2D eigenvalue weighted by Crippen LogP contribution is -2.52. The van der Waals surface area contributed by atoms with Crippen molar-refractivity contribution in [3.8, 4) is 17.6 Å². The van der Waals surface area contributed by atoms with Gasteiger partial charge in [-0.2, -0.15) is 5.26 Å². The number of ketones is 1. The molecule has 1 aliphatic carbocycles. The molecule has 1 aromatic heterocycles. The minimum absolute atomic E-state index is 0.0142. The number of nitriles is 1. The fraction of sp³-hybridized carbons (Fsp3) is 0.360. The molecule has 33 heavy (non-hydrogen) atoms. The molecule has 0 saturated heterocycles. The van der Waals surface area contributed by atoms with Crippen LogP contribution in [-0.4, -0.2) is 30.6 Å². The van der Waals surface area contributed by atoms with Crippen molar-refractivity contribution in [3.05, 3.63) is 68.3 Å². The summed E-state index contributed by atoms with van der Waals surface area (Å²) in [6, 6.07) is 9.03. The number of rotatable bonds is 4. The van der Waals surface area contributed by atoms with Crippen LogP contribution < -0.4 is 20.0 Å².